The fraction of sp³-hybridized carbons (Fsp3) is 0.167. The largest absolute Gasteiger partial charge is 0.435 e. The number of nitrogens with one attached hydrogen (secondary N) is 1. The van der Waals surface area contributed by atoms with Gasteiger partial charge in [-0.15, -0.1) is 0 Å². The van der Waals surface area contributed by atoms with Crippen LogP contribution in [-0.2, 0) is 19.8 Å². The first-order valence-electron chi connectivity index (χ1n) is 7.74. The van der Waals surface area contributed by atoms with Crippen molar-refractivity contribution < 1.29 is 26.3 Å². The van der Waals surface area contributed by atoms with Gasteiger partial charge in [0.05, 0.1) is 5.69 Å². The molecule has 9 heteroatoms. The van der Waals surface area contributed by atoms with Gasteiger partial charge in [0.1, 0.15) is 17.5 Å². The van der Waals surface area contributed by atoms with Gasteiger partial charge >= 0.3 is 6.18 Å². The van der Waals surface area contributed by atoms with Gasteiger partial charge in [-0.1, -0.05) is 6.07 Å². The van der Waals surface area contributed by atoms with Crippen molar-refractivity contribution in [1.29, 1.82) is 0 Å². The Hall–Kier alpha value is -2.97. The van der Waals surface area contributed by atoms with Crippen LogP contribution in [0, 0.1) is 17.5 Å². The molecule has 0 saturated heterocycles. The normalized spacial score (nSPS) is 11.7. The van der Waals surface area contributed by atoms with Crippen molar-refractivity contribution in [2.45, 2.75) is 12.7 Å². The van der Waals surface area contributed by atoms with E-state index in [9.17, 15) is 26.3 Å². The summed E-state index contributed by atoms with van der Waals surface area (Å²) in [5.74, 6) is -2.22. The van der Waals surface area contributed by atoms with E-state index in [4.69, 9.17) is 0 Å². The highest BCUT2D eigenvalue weighted by Gasteiger charge is 2.35. The molecular formula is C18H13F6N3. The number of anilines is 1. The fourth-order valence-electron chi connectivity index (χ4n) is 2.55. The molecule has 0 aliphatic rings. The molecule has 1 N–H and O–H groups in total. The summed E-state index contributed by atoms with van der Waals surface area (Å²) in [4.78, 5) is 0. The molecule has 0 aliphatic carbocycles. The number of alkyl halides is 3. The second kappa shape index (κ2) is 6.98. The maximum atomic E-state index is 14.4. The average Bonchev–Trinajstić information content (AvgIpc) is 2.96. The van der Waals surface area contributed by atoms with E-state index in [1.807, 2.05) is 0 Å². The molecule has 0 spiro atoms. The zero-order valence-electron chi connectivity index (χ0n) is 13.9. The molecule has 0 bridgehead atoms. The van der Waals surface area contributed by atoms with Crippen molar-refractivity contribution in [3.05, 3.63) is 71.2 Å². The quantitative estimate of drug-likeness (QED) is 0.631. The molecule has 3 nitrogen and oxygen atoms in total. The van der Waals surface area contributed by atoms with Gasteiger partial charge in [0.25, 0.3) is 0 Å². The molecule has 3 aromatic rings. The van der Waals surface area contributed by atoms with E-state index in [2.05, 4.69) is 10.4 Å². The topological polar surface area (TPSA) is 29.9 Å². The summed E-state index contributed by atoms with van der Waals surface area (Å²) < 4.78 is 80.1. The molecule has 1 heterocycles. The van der Waals surface area contributed by atoms with Crippen LogP contribution in [0.5, 0.6) is 0 Å². The van der Waals surface area contributed by atoms with Gasteiger partial charge in [0.2, 0.25) is 0 Å². The summed E-state index contributed by atoms with van der Waals surface area (Å²) in [5, 5.41) is 6.13. The minimum absolute atomic E-state index is 0.0190. The summed E-state index contributed by atoms with van der Waals surface area (Å²) in [7, 11) is 1.29. The van der Waals surface area contributed by atoms with Gasteiger partial charge < -0.3 is 5.32 Å². The van der Waals surface area contributed by atoms with Gasteiger partial charge in [-0.2, -0.15) is 18.3 Å². The fourth-order valence-corrected chi connectivity index (χ4v) is 2.55. The average molecular weight is 385 g/mol. The Bertz CT molecular complexity index is 978. The van der Waals surface area contributed by atoms with Crippen molar-refractivity contribution in [1.82, 2.24) is 9.78 Å². The molecule has 0 radical (unpaired) electrons. The van der Waals surface area contributed by atoms with Gasteiger partial charge in [0.15, 0.2) is 5.69 Å². The van der Waals surface area contributed by atoms with Gasteiger partial charge in [-0.05, 0) is 30.3 Å². The molecule has 2 aromatic carbocycles. The zero-order valence-corrected chi connectivity index (χ0v) is 13.9. The summed E-state index contributed by atoms with van der Waals surface area (Å²) in [5.41, 5.74) is -0.733. The standard InChI is InChI=1S/C18H13F6N3/c1-27-16(8-17(26-27)18(22,23)24)13-5-4-12(7-15(13)21)25-9-10-2-3-11(19)6-14(10)20/h2-8,25H,9H2,1H3. The molecular weight excluding hydrogens is 372 g/mol. The number of aromatic nitrogens is 2. The van der Waals surface area contributed by atoms with E-state index in [0.29, 0.717) is 0 Å². The summed E-state index contributed by atoms with van der Waals surface area (Å²) >= 11 is 0. The number of rotatable bonds is 4. The monoisotopic (exact) mass is 385 g/mol. The Balaban J connectivity index is 1.81. The third-order valence-corrected chi connectivity index (χ3v) is 3.91. The van der Waals surface area contributed by atoms with Crippen LogP contribution in [0.4, 0.5) is 32.0 Å². The van der Waals surface area contributed by atoms with Crippen molar-refractivity contribution >= 4 is 5.69 Å². The molecule has 0 unspecified atom stereocenters. The minimum atomic E-state index is -4.63. The third kappa shape index (κ3) is 4.07. The lowest BCUT2D eigenvalue weighted by atomic mass is 10.1. The number of benzene rings is 2. The Morgan fingerprint density at radius 3 is 2.30 bits per heavy atom. The maximum Gasteiger partial charge on any atom is 0.435 e. The van der Waals surface area contributed by atoms with E-state index < -0.39 is 29.3 Å². The molecule has 27 heavy (non-hydrogen) atoms. The van der Waals surface area contributed by atoms with Crippen LogP contribution in [0.25, 0.3) is 11.3 Å². The lowest BCUT2D eigenvalue weighted by Gasteiger charge is -2.10. The summed E-state index contributed by atoms with van der Waals surface area (Å²) in [6.45, 7) is -0.0190. The molecule has 0 saturated carbocycles. The van der Waals surface area contributed by atoms with Crippen LogP contribution in [0.3, 0.4) is 0 Å². The predicted octanol–water partition coefficient (Wildman–Crippen LogP) is 5.14. The highest BCUT2D eigenvalue weighted by molar-refractivity contribution is 5.64. The van der Waals surface area contributed by atoms with E-state index in [-0.39, 0.29) is 29.1 Å². The molecule has 0 aliphatic heterocycles. The van der Waals surface area contributed by atoms with Gasteiger partial charge in [-0.3, -0.25) is 4.68 Å². The molecule has 0 fully saturated rings. The zero-order chi connectivity index (χ0) is 19.8. The first-order chi connectivity index (χ1) is 12.6. The molecule has 142 valence electrons. The van der Waals surface area contributed by atoms with Crippen LogP contribution in [0.2, 0.25) is 0 Å². The van der Waals surface area contributed by atoms with Gasteiger partial charge in [0, 0.05) is 36.5 Å². The summed E-state index contributed by atoms with van der Waals surface area (Å²) in [6.07, 6.45) is -4.63. The second-order valence-corrected chi connectivity index (χ2v) is 5.82. The van der Waals surface area contributed by atoms with E-state index >= 15 is 0 Å². The predicted molar refractivity (Wildman–Crippen MR) is 87.3 cm³/mol. The Morgan fingerprint density at radius 1 is 0.963 bits per heavy atom. The lowest BCUT2D eigenvalue weighted by Crippen LogP contribution is -2.06. The number of hydrogen-bond acceptors (Lipinski definition) is 2. The van der Waals surface area contributed by atoms with Crippen molar-refractivity contribution in [2.75, 3.05) is 5.32 Å². The van der Waals surface area contributed by atoms with Crippen LogP contribution >= 0.6 is 0 Å². The highest BCUT2D eigenvalue weighted by Crippen LogP contribution is 2.32. The number of hydrogen-bond donors (Lipinski definition) is 1. The smallest absolute Gasteiger partial charge is 0.381 e. The van der Waals surface area contributed by atoms with Crippen molar-refractivity contribution in [2.24, 2.45) is 7.05 Å². The molecule has 0 amide bonds. The number of aryl methyl sites for hydroxylation is 1. The Morgan fingerprint density at radius 2 is 1.70 bits per heavy atom. The molecule has 3 rings (SSSR count). The maximum absolute atomic E-state index is 14.4. The lowest BCUT2D eigenvalue weighted by molar-refractivity contribution is -0.141. The van der Waals surface area contributed by atoms with Gasteiger partial charge in [-0.25, -0.2) is 13.2 Å². The van der Waals surface area contributed by atoms with Crippen LogP contribution in [0.1, 0.15) is 11.3 Å². The van der Waals surface area contributed by atoms with E-state index in [0.717, 1.165) is 28.9 Å². The number of halogens is 6. The summed E-state index contributed by atoms with van der Waals surface area (Å²) in [6, 6.07) is 7.69. The Labute approximate surface area is 150 Å². The van der Waals surface area contributed by atoms with Crippen molar-refractivity contribution in [3.8, 4) is 11.3 Å². The Kier molecular flexibility index (Phi) is 4.86. The molecule has 1 aromatic heterocycles. The first kappa shape index (κ1) is 18.8. The first-order valence-corrected chi connectivity index (χ1v) is 7.74. The van der Waals surface area contributed by atoms with Crippen LogP contribution in [-0.4, -0.2) is 9.78 Å². The van der Waals surface area contributed by atoms with E-state index in [1.165, 1.54) is 25.2 Å². The van der Waals surface area contributed by atoms with Crippen LogP contribution in [0.15, 0.2) is 42.5 Å². The third-order valence-electron chi connectivity index (χ3n) is 3.91. The SMILES string of the molecule is Cn1nc(C(F)(F)F)cc1-c1ccc(NCc2ccc(F)cc2F)cc1F. The molecule has 0 atom stereocenters. The van der Waals surface area contributed by atoms with Crippen LogP contribution < -0.4 is 5.32 Å². The second-order valence-electron chi connectivity index (χ2n) is 5.82. The number of nitrogens with zero attached hydrogens (tertiary/aromatic N) is 2. The van der Waals surface area contributed by atoms with Crippen molar-refractivity contribution in [3.63, 3.8) is 0 Å². The minimum Gasteiger partial charge on any atom is -0.381 e. The van der Waals surface area contributed by atoms with E-state index in [1.54, 1.807) is 0 Å². The highest BCUT2D eigenvalue weighted by atomic mass is 19.4.